The molecule has 2 rings (SSSR count). The summed E-state index contributed by atoms with van der Waals surface area (Å²) in [7, 11) is 1.80. The van der Waals surface area contributed by atoms with E-state index in [2.05, 4.69) is 65.6 Å². The van der Waals surface area contributed by atoms with Crippen molar-refractivity contribution in [2.24, 2.45) is 10.9 Å². The second kappa shape index (κ2) is 9.82. The van der Waals surface area contributed by atoms with Gasteiger partial charge in [0, 0.05) is 31.9 Å². The highest BCUT2D eigenvalue weighted by Gasteiger charge is 2.08. The molecule has 0 amide bonds. The first kappa shape index (κ1) is 19.0. The number of aliphatic imine (C=N–C) groups is 1. The molecule has 0 fully saturated rings. The van der Waals surface area contributed by atoms with Crippen LogP contribution < -0.4 is 10.6 Å². The Morgan fingerprint density at radius 2 is 1.84 bits per heavy atom. The molecule has 0 bridgehead atoms. The molecule has 1 aromatic carbocycles. The van der Waals surface area contributed by atoms with Gasteiger partial charge >= 0.3 is 0 Å². The molecular formula is C21H30N4. The van der Waals surface area contributed by atoms with Crippen molar-refractivity contribution in [1.29, 1.82) is 0 Å². The van der Waals surface area contributed by atoms with Gasteiger partial charge in [-0.2, -0.15) is 0 Å². The third-order valence-electron chi connectivity index (χ3n) is 4.10. The molecule has 1 heterocycles. The number of hydrogen-bond donors (Lipinski definition) is 2. The summed E-state index contributed by atoms with van der Waals surface area (Å²) in [6, 6.07) is 15.1. The Bertz CT molecular complexity index is 647. The molecule has 4 nitrogen and oxygen atoms in total. The summed E-state index contributed by atoms with van der Waals surface area (Å²) in [5, 5.41) is 6.80. The first-order chi connectivity index (χ1) is 12.1. The molecule has 0 saturated heterocycles. The summed E-state index contributed by atoms with van der Waals surface area (Å²) in [5.41, 5.74) is 3.74. The quantitative estimate of drug-likeness (QED) is 0.597. The molecule has 0 spiro atoms. The largest absolute Gasteiger partial charge is 0.356 e. The lowest BCUT2D eigenvalue weighted by Gasteiger charge is -2.18. The van der Waals surface area contributed by atoms with Gasteiger partial charge in [0.05, 0.1) is 6.04 Å². The van der Waals surface area contributed by atoms with Crippen LogP contribution in [0.4, 0.5) is 0 Å². The summed E-state index contributed by atoms with van der Waals surface area (Å²) in [4.78, 5) is 8.65. The molecule has 134 valence electrons. The van der Waals surface area contributed by atoms with Crippen LogP contribution in [0.2, 0.25) is 0 Å². The van der Waals surface area contributed by atoms with E-state index in [0.29, 0.717) is 5.92 Å². The van der Waals surface area contributed by atoms with Gasteiger partial charge in [-0.25, -0.2) is 0 Å². The van der Waals surface area contributed by atoms with E-state index in [4.69, 9.17) is 0 Å². The van der Waals surface area contributed by atoms with Gasteiger partial charge in [-0.1, -0.05) is 44.2 Å². The van der Waals surface area contributed by atoms with Crippen molar-refractivity contribution >= 4 is 5.96 Å². The number of rotatable bonds is 7. The van der Waals surface area contributed by atoms with E-state index in [1.165, 1.54) is 11.1 Å². The van der Waals surface area contributed by atoms with Gasteiger partial charge in [0.15, 0.2) is 5.96 Å². The Morgan fingerprint density at radius 1 is 1.08 bits per heavy atom. The van der Waals surface area contributed by atoms with Gasteiger partial charge in [-0.3, -0.25) is 9.98 Å². The van der Waals surface area contributed by atoms with E-state index in [1.807, 2.05) is 24.4 Å². The van der Waals surface area contributed by atoms with E-state index in [-0.39, 0.29) is 6.04 Å². The van der Waals surface area contributed by atoms with Crippen molar-refractivity contribution in [3.8, 4) is 0 Å². The average molecular weight is 338 g/mol. The molecule has 0 radical (unpaired) electrons. The average Bonchev–Trinajstić information content (AvgIpc) is 2.61. The van der Waals surface area contributed by atoms with Gasteiger partial charge in [0.2, 0.25) is 0 Å². The first-order valence-corrected chi connectivity index (χ1v) is 9.04. The van der Waals surface area contributed by atoms with Crippen LogP contribution in [0.25, 0.3) is 0 Å². The number of nitrogens with one attached hydrogen (secondary N) is 2. The number of guanidine groups is 1. The number of pyridine rings is 1. The van der Waals surface area contributed by atoms with Crippen molar-refractivity contribution in [3.05, 3.63) is 65.5 Å². The molecule has 0 aliphatic rings. The predicted octanol–water partition coefficient (Wildman–Crippen LogP) is 3.75. The lowest BCUT2D eigenvalue weighted by atomic mass is 10.00. The van der Waals surface area contributed by atoms with E-state index < -0.39 is 0 Å². The molecule has 2 aromatic rings. The van der Waals surface area contributed by atoms with Gasteiger partial charge in [0.1, 0.15) is 0 Å². The van der Waals surface area contributed by atoms with Crippen LogP contribution in [0.15, 0.2) is 53.7 Å². The van der Waals surface area contributed by atoms with E-state index in [0.717, 1.165) is 31.0 Å². The highest BCUT2D eigenvalue weighted by atomic mass is 15.2. The SMILES string of the molecule is CN=C(NCCc1ccccn1)NC(C)c1ccc(CC(C)C)cc1. The van der Waals surface area contributed by atoms with Crippen LogP contribution in [-0.4, -0.2) is 24.5 Å². The maximum absolute atomic E-state index is 4.34. The number of nitrogens with zero attached hydrogens (tertiary/aromatic N) is 2. The van der Waals surface area contributed by atoms with Crippen molar-refractivity contribution in [3.63, 3.8) is 0 Å². The van der Waals surface area contributed by atoms with Gasteiger partial charge in [0.25, 0.3) is 0 Å². The van der Waals surface area contributed by atoms with Crippen molar-refractivity contribution in [2.75, 3.05) is 13.6 Å². The fourth-order valence-electron chi connectivity index (χ4n) is 2.75. The fraction of sp³-hybridized carbons (Fsp3) is 0.429. The van der Waals surface area contributed by atoms with Gasteiger partial charge < -0.3 is 10.6 Å². The monoisotopic (exact) mass is 338 g/mol. The highest BCUT2D eigenvalue weighted by Crippen LogP contribution is 2.15. The lowest BCUT2D eigenvalue weighted by molar-refractivity contribution is 0.645. The number of hydrogen-bond acceptors (Lipinski definition) is 2. The van der Waals surface area contributed by atoms with E-state index in [9.17, 15) is 0 Å². The molecular weight excluding hydrogens is 308 g/mol. The summed E-state index contributed by atoms with van der Waals surface area (Å²) in [5.74, 6) is 1.50. The van der Waals surface area contributed by atoms with Crippen molar-refractivity contribution in [2.45, 2.75) is 39.7 Å². The third-order valence-corrected chi connectivity index (χ3v) is 4.10. The zero-order valence-corrected chi connectivity index (χ0v) is 15.8. The Balaban J connectivity index is 1.83. The zero-order chi connectivity index (χ0) is 18.1. The molecule has 0 aliphatic heterocycles. The van der Waals surface area contributed by atoms with Crippen molar-refractivity contribution < 1.29 is 0 Å². The normalized spacial score (nSPS) is 12.9. The van der Waals surface area contributed by atoms with Crippen LogP contribution in [0.1, 0.15) is 43.6 Å². The summed E-state index contributed by atoms with van der Waals surface area (Å²) in [6.45, 7) is 7.46. The van der Waals surface area contributed by atoms with Crippen LogP contribution in [0.5, 0.6) is 0 Å². The minimum absolute atomic E-state index is 0.203. The molecule has 1 aromatic heterocycles. The van der Waals surface area contributed by atoms with E-state index in [1.54, 1.807) is 7.05 Å². The third kappa shape index (κ3) is 6.57. The predicted molar refractivity (Wildman–Crippen MR) is 106 cm³/mol. The van der Waals surface area contributed by atoms with Gasteiger partial charge in [-0.05, 0) is 42.5 Å². The van der Waals surface area contributed by atoms with Crippen LogP contribution in [-0.2, 0) is 12.8 Å². The highest BCUT2D eigenvalue weighted by molar-refractivity contribution is 5.80. The topological polar surface area (TPSA) is 49.3 Å². The number of benzene rings is 1. The fourth-order valence-corrected chi connectivity index (χ4v) is 2.75. The molecule has 2 N–H and O–H groups in total. The van der Waals surface area contributed by atoms with Crippen LogP contribution in [0.3, 0.4) is 0 Å². The Morgan fingerprint density at radius 3 is 2.44 bits per heavy atom. The molecule has 4 heteroatoms. The maximum atomic E-state index is 4.34. The number of aromatic nitrogens is 1. The van der Waals surface area contributed by atoms with Crippen molar-refractivity contribution in [1.82, 2.24) is 15.6 Å². The molecule has 0 saturated carbocycles. The Hall–Kier alpha value is -2.36. The summed E-state index contributed by atoms with van der Waals surface area (Å²) >= 11 is 0. The minimum atomic E-state index is 0.203. The van der Waals surface area contributed by atoms with Gasteiger partial charge in [-0.15, -0.1) is 0 Å². The Kier molecular flexibility index (Phi) is 7.45. The second-order valence-electron chi connectivity index (χ2n) is 6.78. The standard InChI is InChI=1S/C21H30N4/c1-16(2)15-18-8-10-19(11-9-18)17(3)25-21(22-4)24-14-12-20-7-5-6-13-23-20/h5-11,13,16-17H,12,14-15H2,1-4H3,(H2,22,24,25). The van der Waals surface area contributed by atoms with Crippen LogP contribution in [0, 0.1) is 5.92 Å². The van der Waals surface area contributed by atoms with Crippen LogP contribution >= 0.6 is 0 Å². The molecule has 1 unspecified atom stereocenters. The zero-order valence-electron chi connectivity index (χ0n) is 15.8. The molecule has 1 atom stereocenters. The lowest BCUT2D eigenvalue weighted by Crippen LogP contribution is -2.39. The molecule has 25 heavy (non-hydrogen) atoms. The maximum Gasteiger partial charge on any atom is 0.191 e. The smallest absolute Gasteiger partial charge is 0.191 e. The summed E-state index contributed by atoms with van der Waals surface area (Å²) < 4.78 is 0. The first-order valence-electron chi connectivity index (χ1n) is 9.04. The molecule has 0 aliphatic carbocycles. The second-order valence-corrected chi connectivity index (χ2v) is 6.78. The minimum Gasteiger partial charge on any atom is -0.356 e. The van der Waals surface area contributed by atoms with E-state index >= 15 is 0 Å². The Labute approximate surface area is 151 Å². The summed E-state index contributed by atoms with van der Waals surface area (Å²) in [6.07, 6.45) is 3.83.